The SMILES string of the molecule is O=C(NC(=S)Nc1ccc(F)c([N+](=O)[O-])c1)c1ccccc1. The van der Waals surface area contributed by atoms with Gasteiger partial charge in [-0.2, -0.15) is 4.39 Å². The molecule has 0 bridgehead atoms. The van der Waals surface area contributed by atoms with Crippen molar-refractivity contribution >= 4 is 34.6 Å². The van der Waals surface area contributed by atoms with Crippen LogP contribution in [0.4, 0.5) is 15.8 Å². The zero-order chi connectivity index (χ0) is 16.1. The highest BCUT2D eigenvalue weighted by atomic mass is 32.1. The van der Waals surface area contributed by atoms with Crippen molar-refractivity contribution in [1.82, 2.24) is 5.32 Å². The van der Waals surface area contributed by atoms with Gasteiger partial charge in [0.25, 0.3) is 5.91 Å². The highest BCUT2D eigenvalue weighted by Crippen LogP contribution is 2.21. The number of benzene rings is 2. The molecule has 0 aliphatic heterocycles. The summed E-state index contributed by atoms with van der Waals surface area (Å²) in [5.41, 5.74) is -0.0645. The van der Waals surface area contributed by atoms with E-state index < -0.39 is 22.3 Å². The van der Waals surface area contributed by atoms with Gasteiger partial charge in [-0.05, 0) is 36.5 Å². The maximum atomic E-state index is 13.2. The van der Waals surface area contributed by atoms with Gasteiger partial charge in [0.05, 0.1) is 4.92 Å². The molecule has 2 rings (SSSR count). The van der Waals surface area contributed by atoms with Gasteiger partial charge in [-0.3, -0.25) is 20.2 Å². The van der Waals surface area contributed by atoms with Crippen LogP contribution >= 0.6 is 12.2 Å². The zero-order valence-corrected chi connectivity index (χ0v) is 11.9. The number of hydrogen-bond donors (Lipinski definition) is 2. The van der Waals surface area contributed by atoms with Crippen LogP contribution in [-0.2, 0) is 0 Å². The van der Waals surface area contributed by atoms with Crippen LogP contribution in [0.25, 0.3) is 0 Å². The second-order valence-corrected chi connectivity index (χ2v) is 4.61. The second kappa shape index (κ2) is 6.72. The first-order valence-electron chi connectivity index (χ1n) is 6.08. The quantitative estimate of drug-likeness (QED) is 0.516. The molecule has 0 saturated heterocycles. The minimum atomic E-state index is -0.949. The Labute approximate surface area is 130 Å². The van der Waals surface area contributed by atoms with Gasteiger partial charge in [-0.1, -0.05) is 18.2 Å². The summed E-state index contributed by atoms with van der Waals surface area (Å²) < 4.78 is 13.2. The van der Waals surface area contributed by atoms with Crippen molar-refractivity contribution in [3.63, 3.8) is 0 Å². The number of nitrogens with zero attached hydrogens (tertiary/aromatic N) is 1. The van der Waals surface area contributed by atoms with E-state index in [0.717, 1.165) is 12.1 Å². The molecule has 0 spiro atoms. The Bertz CT molecular complexity index is 737. The molecule has 0 aromatic heterocycles. The molecular weight excluding hydrogens is 309 g/mol. The van der Waals surface area contributed by atoms with Crippen molar-refractivity contribution in [3.8, 4) is 0 Å². The number of nitrogens with one attached hydrogen (secondary N) is 2. The molecule has 0 aliphatic carbocycles. The molecule has 22 heavy (non-hydrogen) atoms. The maximum absolute atomic E-state index is 13.2. The summed E-state index contributed by atoms with van der Waals surface area (Å²) in [6.45, 7) is 0. The van der Waals surface area contributed by atoms with Crippen LogP contribution in [0.15, 0.2) is 48.5 Å². The minimum absolute atomic E-state index is 0.0465. The second-order valence-electron chi connectivity index (χ2n) is 4.20. The lowest BCUT2D eigenvalue weighted by Crippen LogP contribution is -2.34. The molecule has 0 heterocycles. The molecule has 1 amide bonds. The smallest absolute Gasteiger partial charge is 0.306 e. The predicted octanol–water partition coefficient (Wildman–Crippen LogP) is 2.86. The van der Waals surface area contributed by atoms with Gasteiger partial charge < -0.3 is 5.32 Å². The topological polar surface area (TPSA) is 84.3 Å². The van der Waals surface area contributed by atoms with Gasteiger partial charge in [0.2, 0.25) is 5.82 Å². The summed E-state index contributed by atoms with van der Waals surface area (Å²) in [4.78, 5) is 21.7. The Kier molecular flexibility index (Phi) is 4.74. The summed E-state index contributed by atoms with van der Waals surface area (Å²) >= 11 is 4.95. The molecule has 0 saturated carbocycles. The van der Waals surface area contributed by atoms with Crippen molar-refractivity contribution in [2.45, 2.75) is 0 Å². The van der Waals surface area contributed by atoms with E-state index in [2.05, 4.69) is 10.6 Å². The lowest BCUT2D eigenvalue weighted by Gasteiger charge is -2.09. The van der Waals surface area contributed by atoms with Crippen molar-refractivity contribution in [2.24, 2.45) is 0 Å². The minimum Gasteiger partial charge on any atom is -0.332 e. The van der Waals surface area contributed by atoms with Crippen LogP contribution in [-0.4, -0.2) is 15.9 Å². The Morgan fingerprint density at radius 2 is 1.86 bits per heavy atom. The number of hydrogen-bond acceptors (Lipinski definition) is 4. The molecule has 0 radical (unpaired) electrons. The number of carbonyl (C=O) groups excluding carboxylic acids is 1. The van der Waals surface area contributed by atoms with Crippen molar-refractivity contribution in [1.29, 1.82) is 0 Å². The Balaban J connectivity index is 2.05. The standard InChI is InChI=1S/C14H10FN3O3S/c15-11-7-6-10(8-12(11)18(20)21)16-14(22)17-13(19)9-4-2-1-3-5-9/h1-8H,(H2,16,17,19,22). The monoisotopic (exact) mass is 319 g/mol. The number of nitro benzene ring substituents is 1. The number of thiocarbonyl (C=S) groups is 1. The third-order valence-electron chi connectivity index (χ3n) is 2.66. The van der Waals surface area contributed by atoms with Crippen molar-refractivity contribution < 1.29 is 14.1 Å². The van der Waals surface area contributed by atoms with E-state index in [9.17, 15) is 19.3 Å². The highest BCUT2D eigenvalue weighted by Gasteiger charge is 2.15. The molecule has 2 N–H and O–H groups in total. The zero-order valence-electron chi connectivity index (χ0n) is 11.1. The predicted molar refractivity (Wildman–Crippen MR) is 83.2 cm³/mol. The number of amides is 1. The summed E-state index contributed by atoms with van der Waals surface area (Å²) in [6, 6.07) is 11.6. The van der Waals surface area contributed by atoms with Crippen LogP contribution in [0.2, 0.25) is 0 Å². The van der Waals surface area contributed by atoms with E-state index in [0.29, 0.717) is 5.56 Å². The van der Waals surface area contributed by atoms with Gasteiger partial charge in [0.1, 0.15) is 0 Å². The Hall–Kier alpha value is -2.87. The lowest BCUT2D eigenvalue weighted by molar-refractivity contribution is -0.387. The third-order valence-corrected chi connectivity index (χ3v) is 2.87. The van der Waals surface area contributed by atoms with Crippen molar-refractivity contribution in [3.05, 3.63) is 70.0 Å². The number of carbonyl (C=O) groups is 1. The fourth-order valence-corrected chi connectivity index (χ4v) is 1.87. The Morgan fingerprint density at radius 3 is 2.50 bits per heavy atom. The van der Waals surface area contributed by atoms with Gasteiger partial charge >= 0.3 is 5.69 Å². The largest absolute Gasteiger partial charge is 0.332 e. The molecule has 0 aliphatic rings. The lowest BCUT2D eigenvalue weighted by atomic mass is 10.2. The molecule has 0 unspecified atom stereocenters. The summed E-state index contributed by atoms with van der Waals surface area (Å²) in [5.74, 6) is -1.37. The van der Waals surface area contributed by atoms with Gasteiger partial charge in [-0.25, -0.2) is 0 Å². The first kappa shape index (κ1) is 15.5. The molecule has 6 nitrogen and oxygen atoms in total. The molecule has 8 heteroatoms. The average Bonchev–Trinajstić information content (AvgIpc) is 2.49. The van der Waals surface area contributed by atoms with Gasteiger partial charge in [0, 0.05) is 17.3 Å². The first-order chi connectivity index (χ1) is 10.5. The van der Waals surface area contributed by atoms with E-state index >= 15 is 0 Å². The Morgan fingerprint density at radius 1 is 1.18 bits per heavy atom. The van der Waals surface area contributed by atoms with Crippen LogP contribution in [0.3, 0.4) is 0 Å². The normalized spacial score (nSPS) is 9.86. The molecular formula is C14H10FN3O3S. The number of rotatable bonds is 3. The first-order valence-corrected chi connectivity index (χ1v) is 6.49. The van der Waals surface area contributed by atoms with E-state index in [-0.39, 0.29) is 10.8 Å². The van der Waals surface area contributed by atoms with E-state index in [1.807, 2.05) is 0 Å². The molecule has 2 aromatic rings. The van der Waals surface area contributed by atoms with Gasteiger partial charge in [-0.15, -0.1) is 0 Å². The molecule has 112 valence electrons. The summed E-state index contributed by atoms with van der Waals surface area (Å²) in [6.07, 6.45) is 0. The summed E-state index contributed by atoms with van der Waals surface area (Å²) in [7, 11) is 0. The van der Waals surface area contributed by atoms with Crippen LogP contribution < -0.4 is 10.6 Å². The van der Waals surface area contributed by atoms with E-state index in [4.69, 9.17) is 12.2 Å². The summed E-state index contributed by atoms with van der Waals surface area (Å²) in [5, 5.41) is 15.6. The highest BCUT2D eigenvalue weighted by molar-refractivity contribution is 7.80. The fraction of sp³-hybridized carbons (Fsp3) is 0. The number of anilines is 1. The van der Waals surface area contributed by atoms with Crippen molar-refractivity contribution in [2.75, 3.05) is 5.32 Å². The molecule has 0 fully saturated rings. The average molecular weight is 319 g/mol. The molecule has 2 aromatic carbocycles. The van der Waals surface area contributed by atoms with Gasteiger partial charge in [0.15, 0.2) is 5.11 Å². The van der Waals surface area contributed by atoms with E-state index in [1.54, 1.807) is 30.3 Å². The van der Waals surface area contributed by atoms with Crippen LogP contribution in [0.5, 0.6) is 0 Å². The van der Waals surface area contributed by atoms with Crippen LogP contribution in [0.1, 0.15) is 10.4 Å². The van der Waals surface area contributed by atoms with Crippen LogP contribution in [0, 0.1) is 15.9 Å². The molecule has 0 atom stereocenters. The fourth-order valence-electron chi connectivity index (χ4n) is 1.66. The number of halogens is 1. The third kappa shape index (κ3) is 3.83. The maximum Gasteiger partial charge on any atom is 0.306 e. The number of nitro groups is 1. The van der Waals surface area contributed by atoms with E-state index in [1.165, 1.54) is 6.07 Å².